The lowest BCUT2D eigenvalue weighted by molar-refractivity contribution is -0.900. The number of benzene rings is 1. The number of piperazine rings is 1. The number of quaternary nitrogens is 1. The van der Waals surface area contributed by atoms with Gasteiger partial charge in [-0.2, -0.15) is 13.2 Å². The van der Waals surface area contributed by atoms with E-state index in [1.54, 1.807) is 6.07 Å². The quantitative estimate of drug-likeness (QED) is 0.596. The van der Waals surface area contributed by atoms with Crippen molar-refractivity contribution in [2.24, 2.45) is 0 Å². The largest absolute Gasteiger partial charge is 0.748 e. The average molecular weight is 366 g/mol. The minimum Gasteiger partial charge on any atom is -0.748 e. The Kier molecular flexibility index (Phi) is 6.11. The molecule has 24 heavy (non-hydrogen) atoms. The van der Waals surface area contributed by atoms with Crippen molar-refractivity contribution in [1.29, 1.82) is 0 Å². The number of nitrogens with one attached hydrogen (secondary N) is 1. The standard InChI is InChI=1S/C15H21F3N2O3S/c16-15(17,18)13-4-3-5-14(12-13)20-9-7-19(8-10-20)6-1-2-11-24(21,22)23/h3-5,12H,1-2,6-11H2,(H,21,22,23). The number of nitrogens with zero attached hydrogens (tertiary/aromatic N) is 1. The predicted molar refractivity (Wildman–Crippen MR) is 83.0 cm³/mol. The van der Waals surface area contributed by atoms with Gasteiger partial charge in [-0.1, -0.05) is 6.07 Å². The molecular formula is C15H21F3N2O3S. The first kappa shape index (κ1) is 19.0. The van der Waals surface area contributed by atoms with Crippen molar-refractivity contribution < 1.29 is 31.0 Å². The highest BCUT2D eigenvalue weighted by Crippen LogP contribution is 2.31. The zero-order valence-electron chi connectivity index (χ0n) is 13.2. The summed E-state index contributed by atoms with van der Waals surface area (Å²) in [6, 6.07) is 5.33. The van der Waals surface area contributed by atoms with Gasteiger partial charge in [-0.3, -0.25) is 0 Å². The van der Waals surface area contributed by atoms with Gasteiger partial charge < -0.3 is 14.4 Å². The fraction of sp³-hybridized carbons (Fsp3) is 0.600. The highest BCUT2D eigenvalue weighted by molar-refractivity contribution is 7.85. The van der Waals surface area contributed by atoms with E-state index in [0.29, 0.717) is 31.6 Å². The topological polar surface area (TPSA) is 64.9 Å². The van der Waals surface area contributed by atoms with Crippen molar-refractivity contribution >= 4 is 15.8 Å². The maximum absolute atomic E-state index is 12.8. The number of hydrogen-bond acceptors (Lipinski definition) is 4. The van der Waals surface area contributed by atoms with E-state index < -0.39 is 21.9 Å². The number of unbranched alkanes of at least 4 members (excludes halogenated alkanes) is 1. The van der Waals surface area contributed by atoms with Crippen molar-refractivity contribution in [3.8, 4) is 0 Å². The van der Waals surface area contributed by atoms with Crippen LogP contribution in [0.3, 0.4) is 0 Å². The van der Waals surface area contributed by atoms with Gasteiger partial charge in [0.2, 0.25) is 0 Å². The molecule has 9 heteroatoms. The summed E-state index contributed by atoms with van der Waals surface area (Å²) in [5, 5.41) is 0. The van der Waals surface area contributed by atoms with Crippen LogP contribution in [0.25, 0.3) is 0 Å². The first-order chi connectivity index (χ1) is 11.1. The van der Waals surface area contributed by atoms with Gasteiger partial charge in [0, 0.05) is 11.4 Å². The minimum absolute atomic E-state index is 0.337. The normalized spacial score (nSPS) is 17.2. The Morgan fingerprint density at radius 3 is 2.42 bits per heavy atom. The van der Waals surface area contributed by atoms with Gasteiger partial charge in [0.1, 0.15) is 0 Å². The van der Waals surface area contributed by atoms with Gasteiger partial charge in [0.05, 0.1) is 48.4 Å². The monoisotopic (exact) mass is 366 g/mol. The van der Waals surface area contributed by atoms with E-state index in [4.69, 9.17) is 0 Å². The first-order valence-electron chi connectivity index (χ1n) is 7.84. The van der Waals surface area contributed by atoms with Crippen LogP contribution in [0.2, 0.25) is 0 Å². The number of alkyl halides is 3. The van der Waals surface area contributed by atoms with Crippen molar-refractivity contribution in [1.82, 2.24) is 0 Å². The second kappa shape index (κ2) is 7.71. The summed E-state index contributed by atoms with van der Waals surface area (Å²) in [5.74, 6) is -0.337. The van der Waals surface area contributed by atoms with E-state index >= 15 is 0 Å². The predicted octanol–water partition coefficient (Wildman–Crippen LogP) is 0.736. The SMILES string of the molecule is O=S(=O)([O-])CCCC[NH+]1CCN(c2cccc(C(F)(F)F)c2)CC1. The number of anilines is 1. The number of halogens is 3. The summed E-state index contributed by atoms with van der Waals surface area (Å²) in [5.41, 5.74) is -0.0741. The highest BCUT2D eigenvalue weighted by Gasteiger charge is 2.31. The van der Waals surface area contributed by atoms with Crippen LogP contribution in [0.4, 0.5) is 18.9 Å². The van der Waals surface area contributed by atoms with Crippen molar-refractivity contribution in [2.75, 3.05) is 43.4 Å². The van der Waals surface area contributed by atoms with Gasteiger partial charge in [-0.15, -0.1) is 0 Å². The third-order valence-corrected chi connectivity index (χ3v) is 4.97. The van der Waals surface area contributed by atoms with E-state index in [1.165, 1.54) is 17.0 Å². The van der Waals surface area contributed by atoms with Crippen LogP contribution in [-0.4, -0.2) is 51.4 Å². The molecular weight excluding hydrogens is 345 g/mol. The third-order valence-electron chi connectivity index (χ3n) is 4.18. The zero-order valence-corrected chi connectivity index (χ0v) is 14.0. The summed E-state index contributed by atoms with van der Waals surface area (Å²) in [7, 11) is -4.15. The van der Waals surface area contributed by atoms with Gasteiger partial charge in [0.25, 0.3) is 0 Å². The second-order valence-corrected chi connectivity index (χ2v) is 7.53. The van der Waals surface area contributed by atoms with Gasteiger partial charge in [0.15, 0.2) is 0 Å². The molecule has 0 unspecified atom stereocenters. The summed E-state index contributed by atoms with van der Waals surface area (Å²) in [4.78, 5) is 3.21. The minimum atomic E-state index is -4.34. The van der Waals surface area contributed by atoms with E-state index in [1.807, 2.05) is 4.90 Å². The fourth-order valence-electron chi connectivity index (χ4n) is 2.86. The van der Waals surface area contributed by atoms with Crippen LogP contribution >= 0.6 is 0 Å². The van der Waals surface area contributed by atoms with Crippen molar-refractivity contribution in [3.63, 3.8) is 0 Å². The second-order valence-electron chi connectivity index (χ2n) is 6.00. The Labute approximate surface area is 139 Å². The van der Waals surface area contributed by atoms with Crippen LogP contribution in [0.15, 0.2) is 24.3 Å². The van der Waals surface area contributed by atoms with Gasteiger partial charge in [-0.25, -0.2) is 8.42 Å². The van der Waals surface area contributed by atoms with E-state index in [2.05, 4.69) is 0 Å². The Morgan fingerprint density at radius 2 is 1.83 bits per heavy atom. The summed E-state index contributed by atoms with van der Waals surface area (Å²) < 4.78 is 69.9. The molecule has 0 bridgehead atoms. The lowest BCUT2D eigenvalue weighted by Gasteiger charge is -2.34. The van der Waals surface area contributed by atoms with E-state index in [0.717, 1.165) is 25.7 Å². The molecule has 1 N–H and O–H groups in total. The fourth-order valence-corrected chi connectivity index (χ4v) is 3.42. The van der Waals surface area contributed by atoms with Crippen LogP contribution < -0.4 is 9.80 Å². The van der Waals surface area contributed by atoms with Crippen molar-refractivity contribution in [2.45, 2.75) is 19.0 Å². The molecule has 5 nitrogen and oxygen atoms in total. The molecule has 0 aliphatic carbocycles. The molecule has 1 saturated heterocycles. The summed E-state index contributed by atoms with van der Waals surface area (Å²) in [6.07, 6.45) is -3.34. The third kappa shape index (κ3) is 5.95. The molecule has 0 amide bonds. The molecule has 0 atom stereocenters. The Morgan fingerprint density at radius 1 is 1.17 bits per heavy atom. The van der Waals surface area contributed by atoms with Crippen LogP contribution in [-0.2, 0) is 16.3 Å². The van der Waals surface area contributed by atoms with Crippen LogP contribution in [0, 0.1) is 0 Å². The van der Waals surface area contributed by atoms with Crippen molar-refractivity contribution in [3.05, 3.63) is 29.8 Å². The molecule has 2 rings (SSSR count). The zero-order chi connectivity index (χ0) is 17.8. The molecule has 0 radical (unpaired) electrons. The maximum Gasteiger partial charge on any atom is 0.416 e. The van der Waals surface area contributed by atoms with Gasteiger partial charge >= 0.3 is 6.18 Å². The molecule has 1 fully saturated rings. The first-order valence-corrected chi connectivity index (χ1v) is 9.42. The highest BCUT2D eigenvalue weighted by atomic mass is 32.2. The molecule has 1 heterocycles. The Hall–Kier alpha value is -1.32. The molecule has 0 spiro atoms. The molecule has 0 saturated carbocycles. The summed E-state index contributed by atoms with van der Waals surface area (Å²) >= 11 is 0. The Balaban J connectivity index is 1.81. The molecule has 1 aliphatic heterocycles. The van der Waals surface area contributed by atoms with Crippen LogP contribution in [0.5, 0.6) is 0 Å². The smallest absolute Gasteiger partial charge is 0.416 e. The molecule has 1 aliphatic rings. The molecule has 1 aromatic carbocycles. The van der Waals surface area contributed by atoms with Crippen LogP contribution in [0.1, 0.15) is 18.4 Å². The molecule has 0 aromatic heterocycles. The molecule has 1 aromatic rings. The maximum atomic E-state index is 12.8. The van der Waals surface area contributed by atoms with E-state index in [-0.39, 0.29) is 5.75 Å². The van der Waals surface area contributed by atoms with E-state index in [9.17, 15) is 26.1 Å². The lowest BCUT2D eigenvalue weighted by atomic mass is 10.1. The number of rotatable bonds is 6. The molecule has 136 valence electrons. The number of hydrogen-bond donors (Lipinski definition) is 1. The Bertz CT molecular complexity index is 642. The van der Waals surface area contributed by atoms with Gasteiger partial charge in [-0.05, 0) is 31.0 Å². The average Bonchev–Trinajstić information content (AvgIpc) is 2.51. The summed E-state index contributed by atoms with van der Waals surface area (Å²) in [6.45, 7) is 3.62. The lowest BCUT2D eigenvalue weighted by Crippen LogP contribution is -3.14.